The van der Waals surface area contributed by atoms with Crippen molar-refractivity contribution in [2.45, 2.75) is 59.8 Å². The van der Waals surface area contributed by atoms with Crippen molar-refractivity contribution >= 4 is 5.97 Å². The fourth-order valence-electron chi connectivity index (χ4n) is 2.69. The Morgan fingerprint density at radius 1 is 1.10 bits per heavy atom. The lowest BCUT2D eigenvalue weighted by molar-refractivity contribution is -0.924. The van der Waals surface area contributed by atoms with Crippen molar-refractivity contribution in [2.24, 2.45) is 5.92 Å². The van der Waals surface area contributed by atoms with Gasteiger partial charge in [-0.1, -0.05) is 26.7 Å². The molecule has 1 atom stereocenters. The van der Waals surface area contributed by atoms with Gasteiger partial charge in [0.1, 0.15) is 18.2 Å². The van der Waals surface area contributed by atoms with Crippen LogP contribution in [0.1, 0.15) is 59.8 Å². The first-order chi connectivity index (χ1) is 9.94. The minimum absolute atomic E-state index is 0.335. The lowest BCUT2D eigenvalue weighted by atomic mass is 10.0. The van der Waals surface area contributed by atoms with Crippen molar-refractivity contribution < 1.29 is 19.5 Å². The van der Waals surface area contributed by atoms with Crippen molar-refractivity contribution in [1.82, 2.24) is 0 Å². The molecular weight excluding hydrogens is 266 g/mol. The molecule has 0 saturated heterocycles. The molecule has 0 amide bonds. The molecule has 0 aromatic carbocycles. The van der Waals surface area contributed by atoms with Crippen molar-refractivity contribution in [3.8, 4) is 0 Å². The molecule has 4 nitrogen and oxygen atoms in total. The van der Waals surface area contributed by atoms with Crippen molar-refractivity contribution in [3.05, 3.63) is 11.8 Å². The van der Waals surface area contributed by atoms with E-state index < -0.39 is 5.97 Å². The molecule has 21 heavy (non-hydrogen) atoms. The van der Waals surface area contributed by atoms with Crippen molar-refractivity contribution in [1.29, 1.82) is 0 Å². The molecule has 0 bridgehead atoms. The molecule has 0 aliphatic carbocycles. The maximum Gasteiger partial charge on any atom is 0.312 e. The zero-order valence-electron chi connectivity index (χ0n) is 14.3. The number of aliphatic hydroxyl groups is 1. The number of carboxylic acids is 1. The highest BCUT2D eigenvalue weighted by Crippen LogP contribution is 2.17. The fraction of sp³-hybridized carbons (Fsp3) is 0.824. The van der Waals surface area contributed by atoms with E-state index in [4.69, 9.17) is 0 Å². The maximum absolute atomic E-state index is 11.3. The van der Waals surface area contributed by atoms with Gasteiger partial charge in [-0.25, -0.2) is 0 Å². The fourth-order valence-corrected chi connectivity index (χ4v) is 2.69. The van der Waals surface area contributed by atoms with Crippen LogP contribution >= 0.6 is 0 Å². The number of hydrogen-bond donors (Lipinski definition) is 2. The molecule has 0 aromatic rings. The quantitative estimate of drug-likeness (QED) is 0.326. The predicted octanol–water partition coefficient (Wildman–Crippen LogP) is 3.98. The number of nitrogens with zero attached hydrogens (tertiary/aromatic N) is 1. The number of aliphatic hydroxyl groups excluding tert-OH is 1. The number of unbranched alkanes of at least 4 members (excludes halogenated alkanes) is 3. The van der Waals surface area contributed by atoms with E-state index in [-0.39, 0.29) is 5.92 Å². The largest absolute Gasteiger partial charge is 0.507 e. The monoisotopic (exact) mass is 300 g/mol. The highest BCUT2D eigenvalue weighted by molar-refractivity contribution is 5.69. The van der Waals surface area contributed by atoms with Gasteiger partial charge in [0, 0.05) is 0 Å². The number of aliphatic carboxylic acids is 1. The molecule has 0 heterocycles. The topological polar surface area (TPSA) is 57.5 Å². The lowest BCUT2D eigenvalue weighted by Crippen LogP contribution is -2.52. The first-order valence-electron chi connectivity index (χ1n) is 8.40. The van der Waals surface area contributed by atoms with E-state index in [1.165, 1.54) is 12.8 Å². The predicted molar refractivity (Wildman–Crippen MR) is 87.3 cm³/mol. The van der Waals surface area contributed by atoms with Crippen LogP contribution in [0.25, 0.3) is 0 Å². The van der Waals surface area contributed by atoms with Crippen LogP contribution < -0.4 is 0 Å². The van der Waals surface area contributed by atoms with Crippen LogP contribution in [0, 0.1) is 5.92 Å². The number of carboxylic acid groups (broad SMARTS) is 1. The minimum Gasteiger partial charge on any atom is -0.507 e. The first kappa shape index (κ1) is 20.0. The highest BCUT2D eigenvalue weighted by atomic mass is 16.4. The molecule has 0 aliphatic rings. The summed E-state index contributed by atoms with van der Waals surface area (Å²) in [5.74, 6) is -0.652. The Morgan fingerprint density at radius 3 is 2.14 bits per heavy atom. The van der Waals surface area contributed by atoms with Gasteiger partial charge in [-0.3, -0.25) is 4.79 Å². The average Bonchev–Trinajstić information content (AvgIpc) is 2.47. The van der Waals surface area contributed by atoms with Crippen LogP contribution in [0.5, 0.6) is 0 Å². The normalized spacial score (nSPS) is 14.2. The second-order valence-corrected chi connectivity index (χ2v) is 5.95. The van der Waals surface area contributed by atoms with E-state index in [1.54, 1.807) is 0 Å². The van der Waals surface area contributed by atoms with Gasteiger partial charge in [0.2, 0.25) is 0 Å². The van der Waals surface area contributed by atoms with Crippen molar-refractivity contribution in [2.75, 3.05) is 26.2 Å². The van der Waals surface area contributed by atoms with E-state index >= 15 is 0 Å². The average molecular weight is 300 g/mol. The highest BCUT2D eigenvalue weighted by Gasteiger charge is 2.31. The molecule has 1 unspecified atom stereocenters. The second-order valence-electron chi connectivity index (χ2n) is 5.95. The molecule has 4 heteroatoms. The minimum atomic E-state index is -0.728. The Hall–Kier alpha value is -1.03. The van der Waals surface area contributed by atoms with Crippen LogP contribution in [0.4, 0.5) is 0 Å². The van der Waals surface area contributed by atoms with Gasteiger partial charge in [-0.05, 0) is 39.2 Å². The summed E-state index contributed by atoms with van der Waals surface area (Å²) in [4.78, 5) is 11.3. The van der Waals surface area contributed by atoms with E-state index in [9.17, 15) is 15.0 Å². The summed E-state index contributed by atoms with van der Waals surface area (Å²) in [7, 11) is 0. The number of allylic oxidation sites excluding steroid dienone is 1. The third kappa shape index (κ3) is 7.51. The zero-order chi connectivity index (χ0) is 16.3. The van der Waals surface area contributed by atoms with Gasteiger partial charge < -0.3 is 14.7 Å². The number of quaternary nitrogens is 1. The second kappa shape index (κ2) is 10.7. The Morgan fingerprint density at radius 2 is 1.71 bits per heavy atom. The maximum atomic E-state index is 11.3. The zero-order valence-corrected chi connectivity index (χ0v) is 14.3. The summed E-state index contributed by atoms with van der Waals surface area (Å²) in [6, 6.07) is 0. The summed E-state index contributed by atoms with van der Waals surface area (Å²) in [5, 5.41) is 19.4. The van der Waals surface area contributed by atoms with Gasteiger partial charge >= 0.3 is 5.97 Å². The summed E-state index contributed by atoms with van der Waals surface area (Å²) >= 11 is 0. The molecule has 2 N–H and O–H groups in total. The SMILES string of the molecule is CCCCC/C=C(\O)C[N+](CC)(CC)CC(CC)C(=O)O. The number of rotatable bonds is 12. The van der Waals surface area contributed by atoms with Crippen LogP contribution in [-0.4, -0.2) is 46.8 Å². The Balaban J connectivity index is 4.74. The number of hydrogen-bond acceptors (Lipinski definition) is 2. The Labute approximate surface area is 130 Å². The Kier molecular flexibility index (Phi) is 10.1. The number of carbonyl (C=O) groups is 1. The number of likely N-dealkylation sites (N-methyl/N-ethyl adjacent to an activating group) is 1. The van der Waals surface area contributed by atoms with E-state index in [0.29, 0.717) is 29.8 Å². The van der Waals surface area contributed by atoms with Gasteiger partial charge in [0.15, 0.2) is 0 Å². The summed E-state index contributed by atoms with van der Waals surface area (Å²) in [5.41, 5.74) is 0. The molecule has 0 rings (SSSR count). The third-order valence-corrected chi connectivity index (χ3v) is 4.48. The van der Waals surface area contributed by atoms with Crippen LogP contribution in [-0.2, 0) is 4.79 Å². The smallest absolute Gasteiger partial charge is 0.312 e. The molecule has 0 aliphatic heterocycles. The van der Waals surface area contributed by atoms with Crippen LogP contribution in [0.2, 0.25) is 0 Å². The molecule has 0 radical (unpaired) electrons. The van der Waals surface area contributed by atoms with Crippen molar-refractivity contribution in [3.63, 3.8) is 0 Å². The molecule has 0 aromatic heterocycles. The molecule has 0 spiro atoms. The van der Waals surface area contributed by atoms with E-state index in [1.807, 2.05) is 13.0 Å². The summed E-state index contributed by atoms with van der Waals surface area (Å²) < 4.78 is 0.640. The van der Waals surface area contributed by atoms with E-state index in [2.05, 4.69) is 20.8 Å². The third-order valence-electron chi connectivity index (χ3n) is 4.48. The van der Waals surface area contributed by atoms with Crippen LogP contribution in [0.15, 0.2) is 11.8 Å². The van der Waals surface area contributed by atoms with Gasteiger partial charge in [0.05, 0.1) is 19.6 Å². The lowest BCUT2D eigenvalue weighted by Gasteiger charge is -2.38. The summed E-state index contributed by atoms with van der Waals surface area (Å²) in [6.45, 7) is 11.0. The summed E-state index contributed by atoms with van der Waals surface area (Å²) in [6.07, 6.45) is 6.92. The molecule has 0 fully saturated rings. The van der Waals surface area contributed by atoms with Crippen LogP contribution in [0.3, 0.4) is 0 Å². The van der Waals surface area contributed by atoms with Gasteiger partial charge in [0.25, 0.3) is 0 Å². The Bertz CT molecular complexity index is 322. The molecular formula is C17H34NO3+. The van der Waals surface area contributed by atoms with E-state index in [0.717, 1.165) is 25.9 Å². The molecule has 0 saturated carbocycles. The standard InChI is InChI=1S/C17H33NO3/c1-5-9-10-11-12-16(19)14-18(7-3,8-4)13-15(6-2)17(20)21/h12,15H,5-11,13-14H2,1-4H3,(H-,19,20,21)/p+1/b16-12-. The van der Waals surface area contributed by atoms with Gasteiger partial charge in [-0.15, -0.1) is 0 Å². The molecule has 124 valence electrons. The first-order valence-corrected chi connectivity index (χ1v) is 8.40. The van der Waals surface area contributed by atoms with Gasteiger partial charge in [-0.2, -0.15) is 0 Å².